The summed E-state index contributed by atoms with van der Waals surface area (Å²) in [5.41, 5.74) is 1.02. The molecule has 1 fully saturated rings. The zero-order valence-electron chi connectivity index (χ0n) is 16.7. The fourth-order valence-corrected chi connectivity index (χ4v) is 6.38. The lowest BCUT2D eigenvalue weighted by molar-refractivity contribution is 0.145. The standard InChI is InChI=1S/C21H23N3O4S2/c1-15(21-22-17-4-2-3-5-20(17)29-21)23-8-10-24(11-9-23)30(25,26)16-6-7-18-19(14-16)28-13-12-27-18/h2-7,14-15H,8-13H2,1H3. The fourth-order valence-electron chi connectivity index (χ4n) is 3.89. The van der Waals surface area contributed by atoms with E-state index in [2.05, 4.69) is 17.9 Å². The summed E-state index contributed by atoms with van der Waals surface area (Å²) in [5.74, 6) is 1.08. The Bertz CT molecular complexity index is 1140. The van der Waals surface area contributed by atoms with Crippen LogP contribution in [0.3, 0.4) is 0 Å². The maximum Gasteiger partial charge on any atom is 0.243 e. The van der Waals surface area contributed by atoms with Gasteiger partial charge in [-0.1, -0.05) is 12.1 Å². The molecule has 7 nitrogen and oxygen atoms in total. The van der Waals surface area contributed by atoms with Crippen LogP contribution in [-0.2, 0) is 10.0 Å². The van der Waals surface area contributed by atoms with Crippen LogP contribution in [0, 0.1) is 0 Å². The number of sulfonamides is 1. The van der Waals surface area contributed by atoms with Gasteiger partial charge in [0, 0.05) is 32.2 Å². The Kier molecular flexibility index (Phi) is 5.14. The van der Waals surface area contributed by atoms with Crippen molar-refractivity contribution in [3.05, 3.63) is 47.5 Å². The monoisotopic (exact) mass is 445 g/mol. The Labute approximate surface area is 179 Å². The topological polar surface area (TPSA) is 72.0 Å². The lowest BCUT2D eigenvalue weighted by Crippen LogP contribution is -2.49. The van der Waals surface area contributed by atoms with Crippen molar-refractivity contribution >= 4 is 31.6 Å². The molecule has 1 saturated heterocycles. The molecule has 0 radical (unpaired) electrons. The molecule has 1 atom stereocenters. The Balaban J connectivity index is 1.29. The summed E-state index contributed by atoms with van der Waals surface area (Å²) in [7, 11) is -3.57. The van der Waals surface area contributed by atoms with E-state index >= 15 is 0 Å². The first kappa shape index (κ1) is 19.7. The van der Waals surface area contributed by atoms with Gasteiger partial charge in [0.1, 0.15) is 18.2 Å². The second kappa shape index (κ2) is 7.81. The van der Waals surface area contributed by atoms with Gasteiger partial charge in [0.2, 0.25) is 10.0 Å². The number of thiazole rings is 1. The van der Waals surface area contributed by atoms with Gasteiger partial charge in [-0.05, 0) is 31.2 Å². The van der Waals surface area contributed by atoms with Gasteiger partial charge in [-0.25, -0.2) is 13.4 Å². The molecule has 1 unspecified atom stereocenters. The number of hydrogen-bond acceptors (Lipinski definition) is 7. The third kappa shape index (κ3) is 3.56. The first-order chi connectivity index (χ1) is 14.5. The highest BCUT2D eigenvalue weighted by Crippen LogP contribution is 2.34. The smallest absolute Gasteiger partial charge is 0.243 e. The highest BCUT2D eigenvalue weighted by atomic mass is 32.2. The third-order valence-corrected chi connectivity index (χ3v) is 8.74. The maximum absolute atomic E-state index is 13.1. The molecule has 2 aliphatic rings. The van der Waals surface area contributed by atoms with E-state index in [0.717, 1.165) is 10.5 Å². The van der Waals surface area contributed by atoms with Crippen molar-refractivity contribution in [1.29, 1.82) is 0 Å². The molecule has 0 saturated carbocycles. The van der Waals surface area contributed by atoms with E-state index in [-0.39, 0.29) is 10.9 Å². The molecule has 0 bridgehead atoms. The Morgan fingerprint density at radius 3 is 2.50 bits per heavy atom. The highest BCUT2D eigenvalue weighted by Gasteiger charge is 2.32. The molecule has 3 aromatic rings. The number of hydrogen-bond donors (Lipinski definition) is 0. The zero-order chi connectivity index (χ0) is 20.7. The van der Waals surface area contributed by atoms with Crippen molar-refractivity contribution in [3.8, 4) is 11.5 Å². The van der Waals surface area contributed by atoms with Gasteiger partial charge in [-0.15, -0.1) is 11.3 Å². The van der Waals surface area contributed by atoms with Gasteiger partial charge in [0.05, 0.1) is 21.2 Å². The summed E-state index contributed by atoms with van der Waals surface area (Å²) < 4.78 is 40.1. The van der Waals surface area contributed by atoms with Gasteiger partial charge >= 0.3 is 0 Å². The number of aromatic nitrogens is 1. The van der Waals surface area contributed by atoms with E-state index in [4.69, 9.17) is 14.5 Å². The molecule has 0 spiro atoms. The van der Waals surface area contributed by atoms with Crippen LogP contribution in [0.15, 0.2) is 47.4 Å². The quantitative estimate of drug-likeness (QED) is 0.614. The molecule has 30 heavy (non-hydrogen) atoms. The van der Waals surface area contributed by atoms with Crippen LogP contribution < -0.4 is 9.47 Å². The molecular formula is C21H23N3O4S2. The van der Waals surface area contributed by atoms with Crippen LogP contribution in [0.2, 0.25) is 0 Å². The Hall–Kier alpha value is -2.20. The SMILES string of the molecule is CC(c1nc2ccccc2s1)N1CCN(S(=O)(=O)c2ccc3c(c2)OCCO3)CC1. The van der Waals surface area contributed by atoms with Crippen molar-refractivity contribution in [3.63, 3.8) is 0 Å². The van der Waals surface area contributed by atoms with Crippen LogP contribution in [0.25, 0.3) is 10.2 Å². The van der Waals surface area contributed by atoms with E-state index in [1.165, 1.54) is 4.70 Å². The summed E-state index contributed by atoms with van der Waals surface area (Å²) in [5, 5.41) is 1.07. The van der Waals surface area contributed by atoms with Crippen LogP contribution in [0.4, 0.5) is 0 Å². The van der Waals surface area contributed by atoms with Crippen molar-refractivity contribution in [2.75, 3.05) is 39.4 Å². The summed E-state index contributed by atoms with van der Waals surface area (Å²) in [6.07, 6.45) is 0. The molecule has 0 aliphatic carbocycles. The second-order valence-electron chi connectivity index (χ2n) is 7.44. The van der Waals surface area contributed by atoms with Crippen molar-refractivity contribution in [2.45, 2.75) is 17.9 Å². The first-order valence-corrected chi connectivity index (χ1v) is 12.3. The number of rotatable bonds is 4. The highest BCUT2D eigenvalue weighted by molar-refractivity contribution is 7.89. The largest absolute Gasteiger partial charge is 0.486 e. The van der Waals surface area contributed by atoms with E-state index in [1.54, 1.807) is 33.8 Å². The average molecular weight is 446 g/mol. The van der Waals surface area contributed by atoms with E-state index in [1.807, 2.05) is 18.2 Å². The molecule has 2 aromatic carbocycles. The Morgan fingerprint density at radius 1 is 1.00 bits per heavy atom. The van der Waals surface area contributed by atoms with Crippen molar-refractivity contribution < 1.29 is 17.9 Å². The van der Waals surface area contributed by atoms with E-state index in [0.29, 0.717) is 50.9 Å². The van der Waals surface area contributed by atoms with Gasteiger partial charge in [0.25, 0.3) is 0 Å². The van der Waals surface area contributed by atoms with E-state index in [9.17, 15) is 8.42 Å². The summed E-state index contributed by atoms with van der Waals surface area (Å²) >= 11 is 1.70. The molecular weight excluding hydrogens is 422 g/mol. The molecule has 0 N–H and O–H groups in total. The number of para-hydroxylation sites is 1. The van der Waals surface area contributed by atoms with Crippen LogP contribution in [0.1, 0.15) is 18.0 Å². The van der Waals surface area contributed by atoms with E-state index < -0.39 is 10.0 Å². The number of piperazine rings is 1. The molecule has 1 aromatic heterocycles. The number of fused-ring (bicyclic) bond motifs is 2. The molecule has 3 heterocycles. The molecule has 5 rings (SSSR count). The number of ether oxygens (including phenoxy) is 2. The molecule has 158 valence electrons. The lowest BCUT2D eigenvalue weighted by Gasteiger charge is -2.36. The van der Waals surface area contributed by atoms with Crippen molar-refractivity contribution in [1.82, 2.24) is 14.2 Å². The van der Waals surface area contributed by atoms with Gasteiger partial charge in [-0.3, -0.25) is 4.90 Å². The molecule has 2 aliphatic heterocycles. The average Bonchev–Trinajstić information content (AvgIpc) is 3.22. The summed E-state index contributed by atoms with van der Waals surface area (Å²) in [6, 6.07) is 13.1. The van der Waals surface area contributed by atoms with Crippen molar-refractivity contribution in [2.24, 2.45) is 0 Å². The predicted molar refractivity (Wildman–Crippen MR) is 116 cm³/mol. The minimum atomic E-state index is -3.57. The van der Waals surface area contributed by atoms with Gasteiger partial charge in [-0.2, -0.15) is 4.31 Å². The molecule has 0 amide bonds. The number of benzene rings is 2. The summed E-state index contributed by atoms with van der Waals surface area (Å²) in [4.78, 5) is 7.31. The summed E-state index contributed by atoms with van der Waals surface area (Å²) in [6.45, 7) is 5.29. The maximum atomic E-state index is 13.1. The van der Waals surface area contributed by atoms with Crippen LogP contribution in [-0.4, -0.2) is 62.0 Å². The molecule has 9 heteroatoms. The minimum Gasteiger partial charge on any atom is -0.486 e. The minimum absolute atomic E-state index is 0.154. The first-order valence-electron chi connectivity index (χ1n) is 10.0. The zero-order valence-corrected chi connectivity index (χ0v) is 18.3. The number of nitrogens with zero attached hydrogens (tertiary/aromatic N) is 3. The van der Waals surface area contributed by atoms with Crippen LogP contribution in [0.5, 0.6) is 11.5 Å². The second-order valence-corrected chi connectivity index (χ2v) is 10.4. The predicted octanol–water partition coefficient (Wildman–Crippen LogP) is 3.14. The van der Waals surface area contributed by atoms with Gasteiger partial charge in [0.15, 0.2) is 11.5 Å². The Morgan fingerprint density at radius 2 is 1.73 bits per heavy atom. The van der Waals surface area contributed by atoms with Crippen LogP contribution >= 0.6 is 11.3 Å². The lowest BCUT2D eigenvalue weighted by atomic mass is 10.2. The van der Waals surface area contributed by atoms with Gasteiger partial charge < -0.3 is 9.47 Å². The normalized spacial score (nSPS) is 19.1. The third-order valence-electron chi connectivity index (χ3n) is 5.64. The fraction of sp³-hybridized carbons (Fsp3) is 0.381.